The highest BCUT2D eigenvalue weighted by atomic mass is 19.1. The maximum Gasteiger partial charge on any atom is 0.151 e. The van der Waals surface area contributed by atoms with Gasteiger partial charge in [0.1, 0.15) is 11.3 Å². The molecule has 3 rings (SSSR count). The number of fused-ring (bicyclic) bond motifs is 1. The number of benzene rings is 1. The Hall–Kier alpha value is -1.46. The van der Waals surface area contributed by atoms with Crippen molar-refractivity contribution in [3.63, 3.8) is 0 Å². The van der Waals surface area contributed by atoms with Gasteiger partial charge >= 0.3 is 0 Å². The first-order valence-electron chi connectivity index (χ1n) is 8.14. The topological polar surface area (TPSA) is 41.3 Å². The minimum atomic E-state index is -0.267. The van der Waals surface area contributed by atoms with Gasteiger partial charge in [0.25, 0.3) is 0 Å². The zero-order chi connectivity index (χ0) is 15.7. The summed E-state index contributed by atoms with van der Waals surface area (Å²) in [4.78, 5) is 6.83. The molecule has 1 aromatic heterocycles. The minimum Gasteiger partial charge on any atom is -0.395 e. The maximum absolute atomic E-state index is 14.0. The molecule has 0 saturated carbocycles. The number of aryl methyl sites for hydroxylation is 1. The van der Waals surface area contributed by atoms with Crippen molar-refractivity contribution in [3.8, 4) is 0 Å². The number of piperidine rings is 1. The highest BCUT2D eigenvalue weighted by molar-refractivity contribution is 5.76. The van der Waals surface area contributed by atoms with Crippen molar-refractivity contribution in [1.82, 2.24) is 14.5 Å². The lowest BCUT2D eigenvalue weighted by Gasteiger charge is -2.38. The zero-order valence-electron chi connectivity index (χ0n) is 13.3. The summed E-state index contributed by atoms with van der Waals surface area (Å²) in [6.07, 6.45) is 2.29. The highest BCUT2D eigenvalue weighted by Gasteiger charge is 2.29. The van der Waals surface area contributed by atoms with Crippen LogP contribution in [0.15, 0.2) is 18.2 Å². The number of nitrogens with zero attached hydrogens (tertiary/aromatic N) is 3. The lowest BCUT2D eigenvalue weighted by atomic mass is 9.91. The summed E-state index contributed by atoms with van der Waals surface area (Å²) in [5, 5.41) is 9.69. The summed E-state index contributed by atoms with van der Waals surface area (Å²) in [6.45, 7) is 6.81. The molecule has 0 spiro atoms. The predicted octanol–water partition coefficient (Wildman–Crippen LogP) is 2.79. The molecule has 22 heavy (non-hydrogen) atoms. The number of imidazole rings is 1. The van der Waals surface area contributed by atoms with Crippen LogP contribution in [0.4, 0.5) is 4.39 Å². The van der Waals surface area contributed by atoms with Crippen LogP contribution >= 0.6 is 0 Å². The second-order valence-electron chi connectivity index (χ2n) is 6.22. The van der Waals surface area contributed by atoms with E-state index in [4.69, 9.17) is 0 Å². The number of para-hydroxylation sites is 1. The van der Waals surface area contributed by atoms with Gasteiger partial charge in [-0.25, -0.2) is 9.37 Å². The van der Waals surface area contributed by atoms with Gasteiger partial charge in [0.15, 0.2) is 5.82 Å². The molecule has 1 fully saturated rings. The minimum absolute atomic E-state index is 0.169. The van der Waals surface area contributed by atoms with E-state index in [0.717, 1.165) is 37.3 Å². The van der Waals surface area contributed by atoms with Gasteiger partial charge in [0, 0.05) is 12.6 Å². The van der Waals surface area contributed by atoms with Crippen LogP contribution in [0.25, 0.3) is 11.0 Å². The summed E-state index contributed by atoms with van der Waals surface area (Å²) in [5.74, 6) is 1.10. The summed E-state index contributed by atoms with van der Waals surface area (Å²) in [7, 11) is 0. The molecule has 5 heteroatoms. The molecule has 0 radical (unpaired) electrons. The molecule has 1 aliphatic rings. The average Bonchev–Trinajstić information content (AvgIpc) is 2.86. The van der Waals surface area contributed by atoms with Crippen molar-refractivity contribution in [3.05, 3.63) is 29.8 Å². The Labute approximate surface area is 130 Å². The van der Waals surface area contributed by atoms with E-state index in [1.807, 2.05) is 6.07 Å². The first-order valence-corrected chi connectivity index (χ1v) is 8.14. The van der Waals surface area contributed by atoms with Gasteiger partial charge in [-0.15, -0.1) is 0 Å². The van der Waals surface area contributed by atoms with Crippen molar-refractivity contribution < 1.29 is 9.50 Å². The number of hydrogen-bond donors (Lipinski definition) is 1. The SMILES string of the molecule is CCn1c(CN2CCCC(C)C2CO)nc2c(F)cccc21. The molecule has 0 aliphatic carbocycles. The van der Waals surface area contributed by atoms with Crippen molar-refractivity contribution in [2.75, 3.05) is 13.2 Å². The largest absolute Gasteiger partial charge is 0.395 e. The fraction of sp³-hybridized carbons (Fsp3) is 0.588. The maximum atomic E-state index is 14.0. The molecule has 1 aliphatic heterocycles. The van der Waals surface area contributed by atoms with E-state index in [1.165, 1.54) is 6.07 Å². The zero-order valence-corrected chi connectivity index (χ0v) is 13.3. The molecule has 1 N–H and O–H groups in total. The number of hydrogen-bond acceptors (Lipinski definition) is 3. The van der Waals surface area contributed by atoms with Gasteiger partial charge in [-0.3, -0.25) is 4.90 Å². The van der Waals surface area contributed by atoms with Crippen LogP contribution in [0, 0.1) is 11.7 Å². The Bertz CT molecular complexity index is 655. The van der Waals surface area contributed by atoms with Crippen molar-refractivity contribution in [2.45, 2.75) is 45.8 Å². The van der Waals surface area contributed by atoms with Gasteiger partial charge in [0.05, 0.1) is 18.7 Å². The van der Waals surface area contributed by atoms with Crippen molar-refractivity contribution >= 4 is 11.0 Å². The first kappa shape index (κ1) is 15.4. The number of halogens is 1. The average molecular weight is 305 g/mol. The second-order valence-corrected chi connectivity index (χ2v) is 6.22. The molecule has 2 unspecified atom stereocenters. The number of likely N-dealkylation sites (tertiary alicyclic amines) is 1. The molecule has 1 aromatic carbocycles. The van der Waals surface area contributed by atoms with Crippen LogP contribution < -0.4 is 0 Å². The Kier molecular flexibility index (Phi) is 4.45. The van der Waals surface area contributed by atoms with E-state index < -0.39 is 0 Å². The third-order valence-electron chi connectivity index (χ3n) is 4.89. The Morgan fingerprint density at radius 2 is 2.23 bits per heavy atom. The smallest absolute Gasteiger partial charge is 0.151 e. The van der Waals surface area contributed by atoms with E-state index in [0.29, 0.717) is 18.0 Å². The summed E-state index contributed by atoms with van der Waals surface area (Å²) in [5.41, 5.74) is 1.30. The van der Waals surface area contributed by atoms with Crippen LogP contribution in [0.2, 0.25) is 0 Å². The van der Waals surface area contributed by atoms with Crippen LogP contribution in [0.3, 0.4) is 0 Å². The lowest BCUT2D eigenvalue weighted by Crippen LogP contribution is -2.46. The summed E-state index contributed by atoms with van der Waals surface area (Å²) in [6, 6.07) is 5.28. The van der Waals surface area contributed by atoms with Crippen molar-refractivity contribution in [1.29, 1.82) is 0 Å². The van der Waals surface area contributed by atoms with Crippen LogP contribution in [-0.2, 0) is 13.1 Å². The van der Waals surface area contributed by atoms with E-state index >= 15 is 0 Å². The molecule has 2 heterocycles. The fourth-order valence-corrected chi connectivity index (χ4v) is 3.64. The highest BCUT2D eigenvalue weighted by Crippen LogP contribution is 2.26. The third kappa shape index (κ3) is 2.63. The van der Waals surface area contributed by atoms with Crippen LogP contribution in [0.5, 0.6) is 0 Å². The van der Waals surface area contributed by atoms with Gasteiger partial charge in [-0.05, 0) is 44.4 Å². The molecule has 1 saturated heterocycles. The number of rotatable bonds is 4. The molecule has 120 valence electrons. The third-order valence-corrected chi connectivity index (χ3v) is 4.89. The van der Waals surface area contributed by atoms with Gasteiger partial charge in [-0.1, -0.05) is 13.0 Å². The quantitative estimate of drug-likeness (QED) is 0.944. The van der Waals surface area contributed by atoms with Gasteiger partial charge < -0.3 is 9.67 Å². The molecular formula is C17H24FN3O. The normalized spacial score (nSPS) is 23.3. The van der Waals surface area contributed by atoms with Gasteiger partial charge in [0.2, 0.25) is 0 Å². The molecule has 0 amide bonds. The lowest BCUT2D eigenvalue weighted by molar-refractivity contribution is 0.0448. The van der Waals surface area contributed by atoms with E-state index in [2.05, 4.69) is 28.3 Å². The molecule has 2 aromatic rings. The number of aliphatic hydroxyl groups is 1. The molecule has 4 nitrogen and oxygen atoms in total. The summed E-state index contributed by atoms with van der Waals surface area (Å²) >= 11 is 0. The van der Waals surface area contributed by atoms with E-state index in [9.17, 15) is 9.50 Å². The number of aromatic nitrogens is 2. The molecule has 2 atom stereocenters. The molecule has 0 bridgehead atoms. The Balaban J connectivity index is 1.94. The Morgan fingerprint density at radius 3 is 2.95 bits per heavy atom. The standard InChI is InChI=1S/C17H24FN3O/c1-3-21-14-8-4-7-13(18)17(14)19-16(21)10-20-9-5-6-12(2)15(20)11-22/h4,7-8,12,15,22H,3,5-6,9-11H2,1-2H3. The van der Waals surface area contributed by atoms with E-state index in [-0.39, 0.29) is 18.5 Å². The fourth-order valence-electron chi connectivity index (χ4n) is 3.64. The molecular weight excluding hydrogens is 281 g/mol. The predicted molar refractivity (Wildman–Crippen MR) is 85.0 cm³/mol. The van der Waals surface area contributed by atoms with Crippen LogP contribution in [0.1, 0.15) is 32.5 Å². The second kappa shape index (κ2) is 6.34. The number of aliphatic hydroxyl groups excluding tert-OH is 1. The van der Waals surface area contributed by atoms with Crippen LogP contribution in [-0.4, -0.2) is 38.8 Å². The summed E-state index contributed by atoms with van der Waals surface area (Å²) < 4.78 is 16.0. The first-order chi connectivity index (χ1) is 10.7. The monoisotopic (exact) mass is 305 g/mol. The van der Waals surface area contributed by atoms with E-state index in [1.54, 1.807) is 6.07 Å². The van der Waals surface area contributed by atoms with Gasteiger partial charge in [-0.2, -0.15) is 0 Å². The Morgan fingerprint density at radius 1 is 1.41 bits per heavy atom. The van der Waals surface area contributed by atoms with Crippen molar-refractivity contribution in [2.24, 2.45) is 5.92 Å².